The molecule has 7 heteroatoms. The Labute approximate surface area is 119 Å². The van der Waals surface area contributed by atoms with Crippen molar-refractivity contribution in [1.82, 2.24) is 15.5 Å². The molecule has 0 aliphatic heterocycles. The highest BCUT2D eigenvalue weighted by Crippen LogP contribution is 1.99. The van der Waals surface area contributed by atoms with Crippen LogP contribution >= 0.6 is 0 Å². The number of likely N-dealkylation sites (N-methyl/N-ethyl adjacent to an activating group) is 1. The van der Waals surface area contributed by atoms with Crippen LogP contribution < -0.4 is 10.6 Å². The predicted octanol–water partition coefficient (Wildman–Crippen LogP) is 0.655. The number of hydrogen-bond acceptors (Lipinski definition) is 4. The average Bonchev–Trinajstić information content (AvgIpc) is 2.37. The highest BCUT2D eigenvalue weighted by atomic mass is 16.4. The molecular formula is C13H25N3O4. The van der Waals surface area contributed by atoms with Crippen LogP contribution in [0.4, 0.5) is 4.79 Å². The molecular weight excluding hydrogens is 262 g/mol. The van der Waals surface area contributed by atoms with Gasteiger partial charge >= 0.3 is 12.0 Å². The van der Waals surface area contributed by atoms with Gasteiger partial charge in [0.1, 0.15) is 0 Å². The number of aliphatic carboxylic acids is 1. The van der Waals surface area contributed by atoms with Gasteiger partial charge < -0.3 is 10.4 Å². The molecule has 1 atom stereocenters. The van der Waals surface area contributed by atoms with E-state index >= 15 is 0 Å². The first-order valence-corrected chi connectivity index (χ1v) is 6.93. The number of hydrogen-bond donors (Lipinski definition) is 3. The number of carboxylic acid groups (broad SMARTS) is 1. The van der Waals surface area contributed by atoms with Gasteiger partial charge in [0.2, 0.25) is 5.91 Å². The normalized spacial score (nSPS) is 12.0. The number of rotatable bonds is 9. The molecule has 0 rings (SSSR count). The van der Waals surface area contributed by atoms with E-state index in [9.17, 15) is 14.4 Å². The van der Waals surface area contributed by atoms with Crippen molar-refractivity contribution in [2.75, 3.05) is 26.2 Å². The zero-order valence-electron chi connectivity index (χ0n) is 12.4. The fourth-order valence-electron chi connectivity index (χ4n) is 1.56. The summed E-state index contributed by atoms with van der Waals surface area (Å²) >= 11 is 0. The summed E-state index contributed by atoms with van der Waals surface area (Å²) in [6, 6.07) is -0.509. The lowest BCUT2D eigenvalue weighted by Crippen LogP contribution is -2.45. The Morgan fingerprint density at radius 3 is 2.40 bits per heavy atom. The molecule has 0 aliphatic carbocycles. The molecule has 7 nitrogen and oxygen atoms in total. The summed E-state index contributed by atoms with van der Waals surface area (Å²) in [5, 5.41) is 13.6. The van der Waals surface area contributed by atoms with Gasteiger partial charge in [-0.25, -0.2) is 4.79 Å². The van der Waals surface area contributed by atoms with Crippen molar-refractivity contribution in [3.8, 4) is 0 Å². The van der Waals surface area contributed by atoms with Crippen molar-refractivity contribution >= 4 is 17.9 Å². The van der Waals surface area contributed by atoms with Gasteiger partial charge in [-0.3, -0.25) is 19.8 Å². The number of urea groups is 1. The van der Waals surface area contributed by atoms with E-state index in [4.69, 9.17) is 5.11 Å². The molecule has 3 amide bonds. The minimum atomic E-state index is -0.902. The Bertz CT molecular complexity index is 334. The molecule has 116 valence electrons. The summed E-state index contributed by atoms with van der Waals surface area (Å²) in [6.07, 6.45) is 1.82. The number of carboxylic acids is 1. The van der Waals surface area contributed by atoms with Crippen LogP contribution in [0.15, 0.2) is 0 Å². The van der Waals surface area contributed by atoms with Crippen molar-refractivity contribution in [3.63, 3.8) is 0 Å². The second-order valence-electron chi connectivity index (χ2n) is 4.72. The van der Waals surface area contributed by atoms with Gasteiger partial charge in [0, 0.05) is 13.1 Å². The highest BCUT2D eigenvalue weighted by molar-refractivity contribution is 5.95. The molecule has 0 aliphatic rings. The maximum absolute atomic E-state index is 11.6. The third-order valence-corrected chi connectivity index (χ3v) is 2.84. The molecule has 0 heterocycles. The molecule has 0 bridgehead atoms. The summed E-state index contributed by atoms with van der Waals surface area (Å²) in [6.45, 7) is 6.79. The fourth-order valence-corrected chi connectivity index (χ4v) is 1.56. The molecule has 3 N–H and O–H groups in total. The van der Waals surface area contributed by atoms with Crippen LogP contribution in [0, 0.1) is 5.92 Å². The number of amides is 3. The monoisotopic (exact) mass is 287 g/mol. The van der Waals surface area contributed by atoms with Crippen LogP contribution in [-0.2, 0) is 9.59 Å². The van der Waals surface area contributed by atoms with Crippen LogP contribution in [0.1, 0.15) is 33.6 Å². The Balaban J connectivity index is 4.08. The number of carbonyl (C=O) groups is 3. The topological polar surface area (TPSA) is 98.7 Å². The van der Waals surface area contributed by atoms with E-state index in [1.807, 2.05) is 13.8 Å². The lowest BCUT2D eigenvalue weighted by Gasteiger charge is -2.21. The van der Waals surface area contributed by atoms with Gasteiger partial charge in [0.15, 0.2) is 0 Å². The minimum Gasteiger partial charge on any atom is -0.481 e. The van der Waals surface area contributed by atoms with E-state index in [0.717, 1.165) is 12.8 Å². The van der Waals surface area contributed by atoms with Crippen molar-refractivity contribution in [2.24, 2.45) is 5.92 Å². The molecule has 0 aromatic heterocycles. The lowest BCUT2D eigenvalue weighted by atomic mass is 10.1. The number of imide groups is 1. The molecule has 0 aromatic rings. The summed E-state index contributed by atoms with van der Waals surface area (Å²) < 4.78 is 0. The average molecular weight is 287 g/mol. The van der Waals surface area contributed by atoms with E-state index in [0.29, 0.717) is 13.1 Å². The molecule has 0 saturated heterocycles. The first-order chi connectivity index (χ1) is 9.40. The Kier molecular flexibility index (Phi) is 9.36. The Hall–Kier alpha value is -1.63. The van der Waals surface area contributed by atoms with Gasteiger partial charge in [-0.2, -0.15) is 0 Å². The van der Waals surface area contributed by atoms with Gasteiger partial charge in [-0.1, -0.05) is 27.2 Å². The minimum absolute atomic E-state index is 0.00924. The van der Waals surface area contributed by atoms with Crippen molar-refractivity contribution in [1.29, 1.82) is 0 Å². The van der Waals surface area contributed by atoms with E-state index in [1.54, 1.807) is 11.8 Å². The van der Waals surface area contributed by atoms with Crippen LogP contribution in [0.5, 0.6) is 0 Å². The van der Waals surface area contributed by atoms with Crippen molar-refractivity contribution in [2.45, 2.75) is 33.6 Å². The summed E-state index contributed by atoms with van der Waals surface area (Å²) in [7, 11) is 0. The fraction of sp³-hybridized carbons (Fsp3) is 0.769. The number of carbonyl (C=O) groups excluding carboxylic acids is 2. The second-order valence-corrected chi connectivity index (χ2v) is 4.72. The van der Waals surface area contributed by atoms with Crippen LogP contribution in [0.3, 0.4) is 0 Å². The molecule has 0 radical (unpaired) electrons. The van der Waals surface area contributed by atoms with Gasteiger partial charge in [0.05, 0.1) is 12.5 Å². The smallest absolute Gasteiger partial charge is 0.321 e. The predicted molar refractivity (Wildman–Crippen MR) is 75.4 cm³/mol. The van der Waals surface area contributed by atoms with Crippen LogP contribution in [0.2, 0.25) is 0 Å². The third-order valence-electron chi connectivity index (χ3n) is 2.84. The summed E-state index contributed by atoms with van der Waals surface area (Å²) in [5.74, 6) is -1.89. The maximum Gasteiger partial charge on any atom is 0.321 e. The van der Waals surface area contributed by atoms with Gasteiger partial charge in [-0.15, -0.1) is 0 Å². The SMILES string of the molecule is CCCCNC(=O)NC(=O)CN(CC)CC(C)C(=O)O. The summed E-state index contributed by atoms with van der Waals surface area (Å²) in [4.78, 5) is 35.5. The number of unbranched alkanes of at least 4 members (excludes halogenated alkanes) is 1. The quantitative estimate of drug-likeness (QED) is 0.541. The zero-order valence-corrected chi connectivity index (χ0v) is 12.4. The lowest BCUT2D eigenvalue weighted by molar-refractivity contribution is -0.142. The standard InChI is InChI=1S/C13H25N3O4/c1-4-6-7-14-13(20)15-11(17)9-16(5-2)8-10(3)12(18)19/h10H,4-9H2,1-3H3,(H,18,19)(H2,14,15,17,20). The van der Waals surface area contributed by atoms with Crippen molar-refractivity contribution < 1.29 is 19.5 Å². The van der Waals surface area contributed by atoms with Gasteiger partial charge in [-0.05, 0) is 13.0 Å². The number of nitrogens with one attached hydrogen (secondary N) is 2. The molecule has 0 fully saturated rings. The first-order valence-electron chi connectivity index (χ1n) is 6.93. The zero-order chi connectivity index (χ0) is 15.5. The van der Waals surface area contributed by atoms with E-state index in [2.05, 4.69) is 10.6 Å². The molecule has 20 heavy (non-hydrogen) atoms. The largest absolute Gasteiger partial charge is 0.481 e. The number of nitrogens with zero attached hydrogens (tertiary/aromatic N) is 1. The first kappa shape index (κ1) is 18.4. The molecule has 0 aromatic carbocycles. The van der Waals surface area contributed by atoms with Gasteiger partial charge in [0.25, 0.3) is 0 Å². The van der Waals surface area contributed by atoms with Crippen molar-refractivity contribution in [3.05, 3.63) is 0 Å². The maximum atomic E-state index is 11.6. The Morgan fingerprint density at radius 2 is 1.90 bits per heavy atom. The Morgan fingerprint density at radius 1 is 1.25 bits per heavy atom. The van der Waals surface area contributed by atoms with E-state index < -0.39 is 23.8 Å². The molecule has 0 saturated carbocycles. The highest BCUT2D eigenvalue weighted by Gasteiger charge is 2.18. The van der Waals surface area contributed by atoms with Crippen LogP contribution in [0.25, 0.3) is 0 Å². The second kappa shape index (κ2) is 10.2. The van der Waals surface area contributed by atoms with E-state index in [-0.39, 0.29) is 13.1 Å². The van der Waals surface area contributed by atoms with E-state index in [1.165, 1.54) is 0 Å². The van der Waals surface area contributed by atoms with Crippen LogP contribution in [-0.4, -0.2) is 54.1 Å². The molecule has 1 unspecified atom stereocenters. The summed E-state index contributed by atoms with van der Waals surface area (Å²) in [5.41, 5.74) is 0. The third kappa shape index (κ3) is 8.47. The molecule has 0 spiro atoms.